The van der Waals surface area contributed by atoms with Crippen LogP contribution in [0.15, 0.2) is 30.5 Å². The van der Waals surface area contributed by atoms with Crippen molar-refractivity contribution in [3.05, 3.63) is 47.3 Å². The third kappa shape index (κ3) is 2.07. The maximum atomic E-state index is 11.0. The molecule has 0 radical (unpaired) electrons. The standard InChI is InChI=1S/C14H14N2O3/c1-9-12(14(17)18)7-16(15-9)6-10-8-19-13-5-3-2-4-11(10)13/h2-5,7,10H,6,8H2,1H3,(H,17,18). The number of nitrogens with zero attached hydrogens (tertiary/aromatic N) is 2. The summed E-state index contributed by atoms with van der Waals surface area (Å²) in [6, 6.07) is 7.92. The Bertz CT molecular complexity index is 633. The summed E-state index contributed by atoms with van der Waals surface area (Å²) < 4.78 is 7.30. The van der Waals surface area contributed by atoms with Crippen LogP contribution >= 0.6 is 0 Å². The van der Waals surface area contributed by atoms with Crippen molar-refractivity contribution in [2.45, 2.75) is 19.4 Å². The number of aryl methyl sites for hydroxylation is 1. The monoisotopic (exact) mass is 258 g/mol. The summed E-state index contributed by atoms with van der Waals surface area (Å²) in [7, 11) is 0. The molecule has 2 aromatic rings. The van der Waals surface area contributed by atoms with Crippen molar-refractivity contribution in [2.75, 3.05) is 6.61 Å². The van der Waals surface area contributed by atoms with Crippen molar-refractivity contribution in [1.82, 2.24) is 9.78 Å². The van der Waals surface area contributed by atoms with E-state index in [9.17, 15) is 4.79 Å². The van der Waals surface area contributed by atoms with Crippen LogP contribution in [0, 0.1) is 6.92 Å². The molecule has 1 aromatic heterocycles. The van der Waals surface area contributed by atoms with E-state index in [1.807, 2.05) is 24.3 Å². The van der Waals surface area contributed by atoms with Crippen molar-refractivity contribution in [3.8, 4) is 5.75 Å². The van der Waals surface area contributed by atoms with Gasteiger partial charge in [-0.25, -0.2) is 4.79 Å². The number of carboxylic acids is 1. The molecule has 0 amide bonds. The second-order valence-corrected chi connectivity index (χ2v) is 4.70. The van der Waals surface area contributed by atoms with E-state index in [0.717, 1.165) is 11.3 Å². The van der Waals surface area contributed by atoms with E-state index in [4.69, 9.17) is 9.84 Å². The summed E-state index contributed by atoms with van der Waals surface area (Å²) >= 11 is 0. The molecular formula is C14H14N2O3. The Balaban J connectivity index is 1.84. The first-order valence-electron chi connectivity index (χ1n) is 6.14. The molecule has 5 heteroatoms. The number of hydrogen-bond acceptors (Lipinski definition) is 3. The van der Waals surface area contributed by atoms with Crippen molar-refractivity contribution in [1.29, 1.82) is 0 Å². The minimum atomic E-state index is -0.938. The van der Waals surface area contributed by atoms with E-state index >= 15 is 0 Å². The highest BCUT2D eigenvalue weighted by Gasteiger charge is 2.24. The maximum Gasteiger partial charge on any atom is 0.339 e. The van der Waals surface area contributed by atoms with Gasteiger partial charge >= 0.3 is 5.97 Å². The molecule has 0 spiro atoms. The molecule has 1 aliphatic rings. The van der Waals surface area contributed by atoms with Crippen LogP contribution in [-0.4, -0.2) is 27.5 Å². The Hall–Kier alpha value is -2.30. The van der Waals surface area contributed by atoms with E-state index in [0.29, 0.717) is 18.8 Å². The SMILES string of the molecule is Cc1nn(CC2COc3ccccc32)cc1C(=O)O. The predicted molar refractivity (Wildman–Crippen MR) is 68.6 cm³/mol. The minimum absolute atomic E-state index is 0.220. The molecule has 1 N–H and O–H groups in total. The molecule has 0 aliphatic carbocycles. The lowest BCUT2D eigenvalue weighted by molar-refractivity contribution is 0.0696. The molecule has 0 fully saturated rings. The quantitative estimate of drug-likeness (QED) is 0.915. The average molecular weight is 258 g/mol. The fourth-order valence-electron chi connectivity index (χ4n) is 2.43. The molecule has 1 atom stereocenters. The van der Waals surface area contributed by atoms with Gasteiger partial charge in [0.15, 0.2) is 0 Å². The minimum Gasteiger partial charge on any atom is -0.493 e. The van der Waals surface area contributed by atoms with E-state index < -0.39 is 5.97 Å². The average Bonchev–Trinajstić information content (AvgIpc) is 2.95. The van der Waals surface area contributed by atoms with Crippen LogP contribution in [-0.2, 0) is 6.54 Å². The molecule has 19 heavy (non-hydrogen) atoms. The Labute approximate surface area is 110 Å². The highest BCUT2D eigenvalue weighted by Crippen LogP contribution is 2.34. The number of hydrogen-bond donors (Lipinski definition) is 1. The number of carbonyl (C=O) groups is 1. The number of fused-ring (bicyclic) bond motifs is 1. The lowest BCUT2D eigenvalue weighted by atomic mass is 10.0. The van der Waals surface area contributed by atoms with Crippen LogP contribution < -0.4 is 4.74 Å². The van der Waals surface area contributed by atoms with Crippen LogP contribution in [0.5, 0.6) is 5.75 Å². The summed E-state index contributed by atoms with van der Waals surface area (Å²) in [5.41, 5.74) is 1.96. The molecule has 5 nitrogen and oxygen atoms in total. The van der Waals surface area contributed by atoms with Crippen LogP contribution in [0.2, 0.25) is 0 Å². The van der Waals surface area contributed by atoms with E-state index in [1.54, 1.807) is 17.8 Å². The van der Waals surface area contributed by atoms with Gasteiger partial charge in [0.25, 0.3) is 0 Å². The second kappa shape index (κ2) is 4.42. The summed E-state index contributed by atoms with van der Waals surface area (Å²) in [5.74, 6) is 0.193. The van der Waals surface area contributed by atoms with Gasteiger partial charge in [-0.1, -0.05) is 18.2 Å². The van der Waals surface area contributed by atoms with Gasteiger partial charge in [0.1, 0.15) is 11.3 Å². The zero-order valence-corrected chi connectivity index (χ0v) is 10.5. The number of rotatable bonds is 3. The summed E-state index contributed by atoms with van der Waals surface area (Å²) in [6.45, 7) is 2.95. The fraction of sp³-hybridized carbons (Fsp3) is 0.286. The van der Waals surface area contributed by atoms with Gasteiger partial charge < -0.3 is 9.84 Å². The fourth-order valence-corrected chi connectivity index (χ4v) is 2.43. The lowest BCUT2D eigenvalue weighted by Crippen LogP contribution is -2.11. The van der Waals surface area contributed by atoms with Gasteiger partial charge in [0.2, 0.25) is 0 Å². The molecule has 0 saturated carbocycles. The first kappa shape index (κ1) is 11.8. The van der Waals surface area contributed by atoms with Gasteiger partial charge in [-0.05, 0) is 13.0 Å². The number of carboxylic acid groups (broad SMARTS) is 1. The molecule has 98 valence electrons. The molecule has 1 aliphatic heterocycles. The number of ether oxygens (including phenoxy) is 1. The second-order valence-electron chi connectivity index (χ2n) is 4.70. The Morgan fingerprint density at radius 1 is 1.53 bits per heavy atom. The first-order valence-corrected chi connectivity index (χ1v) is 6.14. The van der Waals surface area contributed by atoms with Crippen LogP contribution in [0.1, 0.15) is 27.5 Å². The molecular weight excluding hydrogens is 244 g/mol. The van der Waals surface area contributed by atoms with E-state index in [1.165, 1.54) is 0 Å². The van der Waals surface area contributed by atoms with Gasteiger partial charge in [-0.2, -0.15) is 5.10 Å². The number of aromatic carboxylic acids is 1. The van der Waals surface area contributed by atoms with E-state index in [-0.39, 0.29) is 11.5 Å². The lowest BCUT2D eigenvalue weighted by Gasteiger charge is -2.08. The molecule has 0 saturated heterocycles. The normalized spacial score (nSPS) is 17.0. The first-order chi connectivity index (χ1) is 9.15. The maximum absolute atomic E-state index is 11.0. The molecule has 0 bridgehead atoms. The number of aromatic nitrogens is 2. The van der Waals surface area contributed by atoms with Crippen molar-refractivity contribution in [2.24, 2.45) is 0 Å². The molecule has 1 aromatic carbocycles. The molecule has 3 rings (SSSR count). The third-order valence-corrected chi connectivity index (χ3v) is 3.38. The van der Waals surface area contributed by atoms with Crippen LogP contribution in [0.4, 0.5) is 0 Å². The Kier molecular flexibility index (Phi) is 2.74. The van der Waals surface area contributed by atoms with Gasteiger partial charge in [-0.3, -0.25) is 4.68 Å². The highest BCUT2D eigenvalue weighted by atomic mass is 16.5. The Morgan fingerprint density at radius 2 is 2.32 bits per heavy atom. The van der Waals surface area contributed by atoms with Crippen LogP contribution in [0.3, 0.4) is 0 Å². The highest BCUT2D eigenvalue weighted by molar-refractivity contribution is 5.88. The van der Waals surface area contributed by atoms with Crippen molar-refractivity contribution >= 4 is 5.97 Å². The third-order valence-electron chi connectivity index (χ3n) is 3.38. The number of benzene rings is 1. The van der Waals surface area contributed by atoms with Gasteiger partial charge in [0, 0.05) is 17.7 Å². The Morgan fingerprint density at radius 3 is 3.05 bits per heavy atom. The zero-order valence-electron chi connectivity index (χ0n) is 10.5. The summed E-state index contributed by atoms with van der Waals surface area (Å²) in [6.07, 6.45) is 1.58. The summed E-state index contributed by atoms with van der Waals surface area (Å²) in [4.78, 5) is 11.0. The zero-order chi connectivity index (χ0) is 13.4. The predicted octanol–water partition coefficient (Wildman–Crippen LogP) is 2.07. The van der Waals surface area contributed by atoms with Crippen LogP contribution in [0.25, 0.3) is 0 Å². The van der Waals surface area contributed by atoms with Crippen molar-refractivity contribution < 1.29 is 14.6 Å². The largest absolute Gasteiger partial charge is 0.493 e. The van der Waals surface area contributed by atoms with Gasteiger partial charge in [0.05, 0.1) is 18.8 Å². The number of para-hydroxylation sites is 1. The topological polar surface area (TPSA) is 64.4 Å². The smallest absolute Gasteiger partial charge is 0.339 e. The summed E-state index contributed by atoms with van der Waals surface area (Å²) in [5, 5.41) is 13.3. The van der Waals surface area contributed by atoms with Gasteiger partial charge in [-0.15, -0.1) is 0 Å². The van der Waals surface area contributed by atoms with Crippen molar-refractivity contribution in [3.63, 3.8) is 0 Å². The molecule has 2 heterocycles. The molecule has 1 unspecified atom stereocenters. The van der Waals surface area contributed by atoms with E-state index in [2.05, 4.69) is 5.10 Å².